The summed E-state index contributed by atoms with van der Waals surface area (Å²) in [5, 5.41) is 27.5. The Labute approximate surface area is 492 Å². The van der Waals surface area contributed by atoms with Crippen LogP contribution in [0.1, 0.15) is 86.4 Å². The second-order valence-corrected chi connectivity index (χ2v) is 20.9. The molecule has 0 saturated carbocycles. The number of hydrogen-bond acceptors (Lipinski definition) is 9. The minimum Gasteiger partial charge on any atom is -0.492 e. The molecular formula is C66H86Cl2N6O6S. The van der Waals surface area contributed by atoms with Gasteiger partial charge >= 0.3 is 0 Å². The molecule has 10 aromatic rings. The molecule has 7 N–H and O–H groups in total. The van der Waals surface area contributed by atoms with Crippen LogP contribution >= 0.6 is 23.2 Å². The van der Waals surface area contributed by atoms with E-state index in [2.05, 4.69) is 73.0 Å². The summed E-state index contributed by atoms with van der Waals surface area (Å²) in [7, 11) is -3.51. The van der Waals surface area contributed by atoms with Crippen LogP contribution in [0.15, 0.2) is 182 Å². The number of halogens is 2. The molecule has 0 radical (unpaired) electrons. The lowest BCUT2D eigenvalue weighted by atomic mass is 10.1. The fraction of sp³-hybridized carbons (Fsp3) is 0.273. The van der Waals surface area contributed by atoms with Gasteiger partial charge in [-0.05, 0) is 82.9 Å². The fourth-order valence-electron chi connectivity index (χ4n) is 9.08. The van der Waals surface area contributed by atoms with Crippen LogP contribution in [0.2, 0.25) is 10.0 Å². The molecular weight excluding hydrogens is 1080 g/mol. The molecule has 0 unspecified atom stereocenters. The molecule has 81 heavy (non-hydrogen) atoms. The zero-order valence-corrected chi connectivity index (χ0v) is 43.1. The summed E-state index contributed by atoms with van der Waals surface area (Å²) in [6.07, 6.45) is -0.501. The van der Waals surface area contributed by atoms with Gasteiger partial charge in [-0.1, -0.05) is 184 Å². The summed E-state index contributed by atoms with van der Waals surface area (Å²) in [5.41, 5.74) is 14.5. The van der Waals surface area contributed by atoms with E-state index in [9.17, 15) is 18.6 Å². The third-order valence-corrected chi connectivity index (χ3v) is 14.0. The number of anilines is 2. The van der Waals surface area contributed by atoms with Crippen molar-refractivity contribution < 1.29 is 28.1 Å². The number of nitrogens with zero attached hydrogens (tertiary/aromatic N) is 2. The number of benzene rings is 8. The molecule has 0 saturated heterocycles. The second kappa shape index (κ2) is 32.4. The number of aliphatic hydroxyl groups excluding tert-OH is 2. The summed E-state index contributed by atoms with van der Waals surface area (Å²) < 4.78 is 38.1. The minimum absolute atomic E-state index is 0. The Morgan fingerprint density at radius 3 is 1.33 bits per heavy atom. The van der Waals surface area contributed by atoms with Crippen LogP contribution in [0.25, 0.3) is 43.6 Å². The molecule has 2 heterocycles. The Morgan fingerprint density at radius 2 is 0.901 bits per heavy atom. The Kier molecular flexibility index (Phi) is 28.0. The summed E-state index contributed by atoms with van der Waals surface area (Å²) in [5.74, 6) is 1.58. The largest absolute Gasteiger partial charge is 0.492 e. The Balaban J connectivity index is 0.000000512. The molecule has 15 heteroatoms. The van der Waals surface area contributed by atoms with Crippen molar-refractivity contribution in [2.24, 2.45) is 0 Å². The Hall–Kier alpha value is -7.07. The number of aliphatic hydroxyl groups is 2. The number of ether oxygens (including phenoxy) is 2. The minimum atomic E-state index is -3.51. The van der Waals surface area contributed by atoms with Gasteiger partial charge in [-0.15, -0.1) is 0 Å². The summed E-state index contributed by atoms with van der Waals surface area (Å²) in [6.45, 7) is 4.22. The lowest BCUT2D eigenvalue weighted by Gasteiger charge is -2.26. The molecule has 0 aliphatic carbocycles. The average Bonchev–Trinajstić information content (AvgIpc) is 4.20. The van der Waals surface area contributed by atoms with Crippen molar-refractivity contribution in [2.45, 2.75) is 77.3 Å². The van der Waals surface area contributed by atoms with Gasteiger partial charge in [-0.2, -0.15) is 0 Å². The number of fused-ring (bicyclic) bond motifs is 6. The molecule has 0 aliphatic rings. The van der Waals surface area contributed by atoms with Crippen LogP contribution < -0.4 is 19.9 Å². The predicted molar refractivity (Wildman–Crippen MR) is 349 cm³/mol. The van der Waals surface area contributed by atoms with Crippen molar-refractivity contribution in [3.05, 3.63) is 214 Å². The highest BCUT2D eigenvalue weighted by Crippen LogP contribution is 2.31. The molecule has 12 nitrogen and oxygen atoms in total. The van der Waals surface area contributed by atoms with E-state index in [0.717, 1.165) is 56.3 Å². The van der Waals surface area contributed by atoms with Crippen molar-refractivity contribution in [3.63, 3.8) is 0 Å². The van der Waals surface area contributed by atoms with E-state index < -0.39 is 22.2 Å². The van der Waals surface area contributed by atoms with Gasteiger partial charge < -0.3 is 35.4 Å². The number of para-hydroxylation sites is 2. The molecule has 436 valence electrons. The zero-order chi connectivity index (χ0) is 51.6. The van der Waals surface area contributed by atoms with E-state index in [0.29, 0.717) is 68.8 Å². The van der Waals surface area contributed by atoms with E-state index in [-0.39, 0.29) is 62.7 Å². The lowest BCUT2D eigenvalue weighted by Crippen LogP contribution is -2.32. The SMILES string of the molecule is C.C.C.C.C.C.C.CS(=O)(=O)Nc1cc([C@@H](O)CN(CCOc2ccc3c(c2)[nH]c2ccccc23)Cc2ccccc2)ccc1Cl.Nc1cc([C@@H](O)CN(CCOc2ccc3c(c2)[nH]c2ccccc23)Cc2ccccc2)ccc1Cl. The van der Waals surface area contributed by atoms with Gasteiger partial charge in [0.1, 0.15) is 24.7 Å². The normalized spacial score (nSPS) is 11.5. The number of nitrogen functional groups attached to an aromatic ring is 1. The molecule has 2 atom stereocenters. The van der Waals surface area contributed by atoms with Crippen molar-refractivity contribution in [1.82, 2.24) is 19.8 Å². The molecule has 0 fully saturated rings. The lowest BCUT2D eigenvalue weighted by molar-refractivity contribution is 0.0984. The second-order valence-electron chi connectivity index (χ2n) is 18.3. The highest BCUT2D eigenvalue weighted by Gasteiger charge is 2.19. The standard InChI is InChI=1S/C30H30ClN3O4S.C29H28ClN3O2.7CH4/c1-39(36,37)33-29-17-22(11-14-26(29)31)30(35)20-34(19-21-7-3-2-4-8-21)15-16-38-23-12-13-25-24-9-5-6-10-27(24)32-28(25)18-23;30-25-13-10-21(16-26(25)31)29(34)19-33(18-20-6-2-1-3-7-20)14-15-35-22-11-12-24-23-8-4-5-9-27(23)32-28(24)17-22;;;;;;;/h2-14,17-18,30,32-33,35H,15-16,19-20H2,1H3;1-13,16-17,29,32,34H,14-15,18-19,31H2;7*1H4/t30-;29-;;;;;;;/m00......./s1. The van der Waals surface area contributed by atoms with Gasteiger partial charge in [-0.3, -0.25) is 14.5 Å². The number of nitrogens with two attached hydrogens (primary N) is 1. The topological polar surface area (TPSA) is 169 Å². The van der Waals surface area contributed by atoms with Gasteiger partial charge in [0.15, 0.2) is 0 Å². The maximum Gasteiger partial charge on any atom is 0.229 e. The van der Waals surface area contributed by atoms with Gasteiger partial charge in [0, 0.05) is 84.0 Å². The highest BCUT2D eigenvalue weighted by atomic mass is 35.5. The first kappa shape index (κ1) is 70.0. The predicted octanol–water partition coefficient (Wildman–Crippen LogP) is 16.6. The third kappa shape index (κ3) is 18.7. The summed E-state index contributed by atoms with van der Waals surface area (Å²) in [4.78, 5) is 11.2. The third-order valence-electron chi connectivity index (χ3n) is 12.7. The number of aromatic nitrogens is 2. The molecule has 0 amide bonds. The number of rotatable bonds is 20. The number of aromatic amines is 2. The van der Waals surface area contributed by atoms with E-state index in [1.165, 1.54) is 21.7 Å². The van der Waals surface area contributed by atoms with Gasteiger partial charge in [0.05, 0.1) is 50.9 Å². The average molecular weight is 1160 g/mol. The van der Waals surface area contributed by atoms with Crippen molar-refractivity contribution in [1.29, 1.82) is 0 Å². The molecule has 10 rings (SSSR count). The van der Waals surface area contributed by atoms with Gasteiger partial charge in [0.2, 0.25) is 10.0 Å². The van der Waals surface area contributed by atoms with Crippen LogP contribution in [0.5, 0.6) is 11.5 Å². The van der Waals surface area contributed by atoms with Gasteiger partial charge in [0.25, 0.3) is 0 Å². The first-order valence-electron chi connectivity index (χ1n) is 24.3. The maximum atomic E-state index is 11.7. The fourth-order valence-corrected chi connectivity index (χ4v) is 9.99. The van der Waals surface area contributed by atoms with Crippen molar-refractivity contribution >= 4 is 88.2 Å². The van der Waals surface area contributed by atoms with E-state index in [1.54, 1.807) is 30.3 Å². The Bertz CT molecular complexity index is 3600. The summed E-state index contributed by atoms with van der Waals surface area (Å²) >= 11 is 12.2. The quantitative estimate of drug-likeness (QED) is 0.0407. The van der Waals surface area contributed by atoms with Crippen molar-refractivity contribution in [3.8, 4) is 11.5 Å². The van der Waals surface area contributed by atoms with E-state index in [4.69, 9.17) is 38.4 Å². The number of sulfonamides is 1. The first-order chi connectivity index (χ1) is 35.8. The molecule has 0 spiro atoms. The van der Waals surface area contributed by atoms with Gasteiger partial charge in [-0.25, -0.2) is 8.42 Å². The Morgan fingerprint density at radius 1 is 0.506 bits per heavy atom. The van der Waals surface area contributed by atoms with Crippen LogP contribution in [-0.4, -0.2) is 84.0 Å². The number of hydrogen-bond donors (Lipinski definition) is 6. The van der Waals surface area contributed by atoms with Crippen LogP contribution in [0, 0.1) is 0 Å². The number of H-pyrrole nitrogens is 2. The zero-order valence-electron chi connectivity index (χ0n) is 40.8. The maximum absolute atomic E-state index is 11.7. The smallest absolute Gasteiger partial charge is 0.229 e. The molecule has 2 aromatic heterocycles. The van der Waals surface area contributed by atoms with Crippen LogP contribution in [0.3, 0.4) is 0 Å². The van der Waals surface area contributed by atoms with E-state index in [1.807, 2.05) is 103 Å². The molecule has 0 bridgehead atoms. The van der Waals surface area contributed by atoms with Crippen LogP contribution in [-0.2, 0) is 23.1 Å². The molecule has 8 aromatic carbocycles. The summed E-state index contributed by atoms with van der Waals surface area (Å²) in [6, 6.07) is 59.1. The van der Waals surface area contributed by atoms with Crippen LogP contribution in [0.4, 0.5) is 11.4 Å². The number of nitrogens with one attached hydrogen (secondary N) is 3. The van der Waals surface area contributed by atoms with E-state index >= 15 is 0 Å². The van der Waals surface area contributed by atoms with Crippen molar-refractivity contribution in [2.75, 3.05) is 56.1 Å². The monoisotopic (exact) mass is 1160 g/mol. The molecule has 0 aliphatic heterocycles. The highest BCUT2D eigenvalue weighted by molar-refractivity contribution is 7.92. The first-order valence-corrected chi connectivity index (χ1v) is 26.9.